The Balaban J connectivity index is 1.16. The number of nitrogens with zero attached hydrogens (tertiary/aromatic N) is 4. The number of halogens is 1. The van der Waals surface area contributed by atoms with E-state index in [-0.39, 0.29) is 11.7 Å². The quantitative estimate of drug-likeness (QED) is 0.440. The van der Waals surface area contributed by atoms with Crippen molar-refractivity contribution in [1.82, 2.24) is 19.8 Å². The molecule has 3 aromatic heterocycles. The Labute approximate surface area is 186 Å². The highest BCUT2D eigenvalue weighted by atomic mass is 32.1. The fourth-order valence-electron chi connectivity index (χ4n) is 3.49. The number of piperazine rings is 1. The maximum atomic E-state index is 13.1. The summed E-state index contributed by atoms with van der Waals surface area (Å²) in [6, 6.07) is 10.0. The number of hydrogen-bond donors (Lipinski definition) is 0. The van der Waals surface area contributed by atoms with Gasteiger partial charge in [0.15, 0.2) is 10.8 Å². The molecule has 0 radical (unpaired) electrons. The lowest BCUT2D eigenvalue weighted by Crippen LogP contribution is -2.48. The van der Waals surface area contributed by atoms with E-state index in [0.29, 0.717) is 29.6 Å². The number of hydrogen-bond acceptors (Lipinski definition) is 7. The van der Waals surface area contributed by atoms with E-state index in [4.69, 9.17) is 4.42 Å². The highest BCUT2D eigenvalue weighted by molar-refractivity contribution is 7.13. The largest absolute Gasteiger partial charge is 0.462 e. The van der Waals surface area contributed by atoms with Gasteiger partial charge in [0.2, 0.25) is 0 Å². The lowest BCUT2D eigenvalue weighted by Gasteiger charge is -2.34. The second-order valence-electron chi connectivity index (χ2n) is 7.23. The molecular weight excluding hydrogens is 435 g/mol. The van der Waals surface area contributed by atoms with Crippen LogP contribution in [0.25, 0.3) is 21.3 Å². The van der Waals surface area contributed by atoms with Crippen molar-refractivity contribution in [3.8, 4) is 21.3 Å². The van der Waals surface area contributed by atoms with Crippen LogP contribution in [0.5, 0.6) is 0 Å². The zero-order valence-corrected chi connectivity index (χ0v) is 18.2. The van der Waals surface area contributed by atoms with Crippen LogP contribution in [-0.4, -0.2) is 51.9 Å². The minimum absolute atomic E-state index is 0.0408. The van der Waals surface area contributed by atoms with Gasteiger partial charge in [-0.2, -0.15) is 0 Å². The summed E-state index contributed by atoms with van der Waals surface area (Å²) in [5, 5.41) is 5.44. The summed E-state index contributed by atoms with van der Waals surface area (Å²) in [4.78, 5) is 26.1. The Morgan fingerprint density at radius 1 is 1.00 bits per heavy atom. The van der Waals surface area contributed by atoms with Gasteiger partial charge in [0, 0.05) is 49.0 Å². The van der Waals surface area contributed by atoms with E-state index >= 15 is 0 Å². The van der Waals surface area contributed by atoms with Crippen molar-refractivity contribution in [3.05, 3.63) is 70.6 Å². The molecule has 6 nitrogen and oxygen atoms in total. The molecule has 158 valence electrons. The zero-order valence-electron chi connectivity index (χ0n) is 16.5. The normalized spacial score (nSPS) is 14.8. The van der Waals surface area contributed by atoms with Crippen LogP contribution in [-0.2, 0) is 6.54 Å². The molecule has 1 aliphatic heterocycles. The van der Waals surface area contributed by atoms with Gasteiger partial charge in [-0.1, -0.05) is 0 Å². The maximum Gasteiger partial charge on any atom is 0.273 e. The monoisotopic (exact) mass is 454 g/mol. The standard InChI is InChI=1S/C22H19FN4O2S2/c23-16-5-3-15(4-6-16)20-24-17(13-30-20)12-26-7-9-27(10-8-26)22(28)18-14-31-21(25-18)19-2-1-11-29-19/h1-6,11,13-14H,7-10,12H2. The number of rotatable bonds is 5. The summed E-state index contributed by atoms with van der Waals surface area (Å²) in [5.41, 5.74) is 2.38. The van der Waals surface area contributed by atoms with Crippen LogP contribution in [0, 0.1) is 5.82 Å². The Morgan fingerprint density at radius 2 is 1.77 bits per heavy atom. The molecule has 1 saturated heterocycles. The predicted molar refractivity (Wildman–Crippen MR) is 119 cm³/mol. The summed E-state index contributed by atoms with van der Waals surface area (Å²) in [7, 11) is 0. The predicted octanol–water partition coefficient (Wildman–Crippen LogP) is 4.62. The third kappa shape index (κ3) is 4.43. The molecule has 0 aliphatic carbocycles. The van der Waals surface area contributed by atoms with Crippen LogP contribution in [0.3, 0.4) is 0 Å². The molecule has 0 saturated carbocycles. The molecule has 31 heavy (non-hydrogen) atoms. The second kappa shape index (κ2) is 8.70. The van der Waals surface area contributed by atoms with E-state index < -0.39 is 0 Å². The van der Waals surface area contributed by atoms with E-state index in [1.807, 2.05) is 22.4 Å². The SMILES string of the molecule is O=C(c1csc(-c2ccco2)n1)N1CCN(Cc2csc(-c3ccc(F)cc3)n2)CC1. The van der Waals surface area contributed by atoms with Crippen LogP contribution < -0.4 is 0 Å². The molecule has 0 spiro atoms. The molecule has 4 aromatic rings. The van der Waals surface area contributed by atoms with Crippen molar-refractivity contribution in [3.63, 3.8) is 0 Å². The second-order valence-corrected chi connectivity index (χ2v) is 8.95. The molecule has 9 heteroatoms. The first-order valence-corrected chi connectivity index (χ1v) is 11.6. The van der Waals surface area contributed by atoms with Gasteiger partial charge in [-0.25, -0.2) is 14.4 Å². The van der Waals surface area contributed by atoms with Gasteiger partial charge < -0.3 is 9.32 Å². The molecular formula is C22H19FN4O2S2. The summed E-state index contributed by atoms with van der Waals surface area (Å²) in [5.74, 6) is 0.390. The minimum atomic E-state index is -0.247. The number of benzene rings is 1. The fraction of sp³-hybridized carbons (Fsp3) is 0.227. The van der Waals surface area contributed by atoms with Crippen molar-refractivity contribution >= 4 is 28.6 Å². The van der Waals surface area contributed by atoms with E-state index in [0.717, 1.165) is 35.9 Å². The third-order valence-corrected chi connectivity index (χ3v) is 6.94. The number of carbonyl (C=O) groups excluding carboxylic acids is 1. The molecule has 0 bridgehead atoms. The Morgan fingerprint density at radius 3 is 2.52 bits per heavy atom. The number of aromatic nitrogens is 2. The Hall–Kier alpha value is -2.88. The van der Waals surface area contributed by atoms with Crippen molar-refractivity contribution in [2.45, 2.75) is 6.54 Å². The van der Waals surface area contributed by atoms with E-state index in [9.17, 15) is 9.18 Å². The topological polar surface area (TPSA) is 62.5 Å². The number of furan rings is 1. The summed E-state index contributed by atoms with van der Waals surface area (Å²) >= 11 is 2.97. The van der Waals surface area contributed by atoms with Crippen molar-refractivity contribution in [2.75, 3.05) is 26.2 Å². The van der Waals surface area contributed by atoms with Crippen LogP contribution in [0.4, 0.5) is 4.39 Å². The van der Waals surface area contributed by atoms with Crippen molar-refractivity contribution in [2.24, 2.45) is 0 Å². The highest BCUT2D eigenvalue weighted by Gasteiger charge is 2.24. The van der Waals surface area contributed by atoms with Gasteiger partial charge >= 0.3 is 0 Å². The molecule has 4 heterocycles. The molecule has 1 aromatic carbocycles. The number of amides is 1. The Kier molecular flexibility index (Phi) is 5.63. The van der Waals surface area contributed by atoms with Crippen molar-refractivity contribution in [1.29, 1.82) is 0 Å². The summed E-state index contributed by atoms with van der Waals surface area (Å²) < 4.78 is 18.5. The van der Waals surface area contributed by atoms with Gasteiger partial charge in [0.1, 0.15) is 16.5 Å². The first-order chi connectivity index (χ1) is 15.2. The van der Waals surface area contributed by atoms with Gasteiger partial charge in [0.05, 0.1) is 12.0 Å². The van der Waals surface area contributed by atoms with Gasteiger partial charge in [-0.15, -0.1) is 22.7 Å². The minimum Gasteiger partial charge on any atom is -0.462 e. The maximum absolute atomic E-state index is 13.1. The number of carbonyl (C=O) groups is 1. The highest BCUT2D eigenvalue weighted by Crippen LogP contribution is 2.26. The van der Waals surface area contributed by atoms with Crippen LogP contribution >= 0.6 is 22.7 Å². The lowest BCUT2D eigenvalue weighted by molar-refractivity contribution is 0.0622. The van der Waals surface area contributed by atoms with Gasteiger partial charge in [-0.3, -0.25) is 9.69 Å². The molecule has 0 unspecified atom stereocenters. The van der Waals surface area contributed by atoms with Crippen LogP contribution in [0.2, 0.25) is 0 Å². The van der Waals surface area contributed by atoms with Gasteiger partial charge in [-0.05, 0) is 36.4 Å². The van der Waals surface area contributed by atoms with Crippen LogP contribution in [0.15, 0.2) is 57.8 Å². The first-order valence-electron chi connectivity index (χ1n) is 9.87. The molecule has 1 amide bonds. The average molecular weight is 455 g/mol. The summed E-state index contributed by atoms with van der Waals surface area (Å²) in [6.45, 7) is 3.61. The van der Waals surface area contributed by atoms with E-state index in [1.54, 1.807) is 35.1 Å². The molecule has 0 atom stereocenters. The molecule has 5 rings (SSSR count). The average Bonchev–Trinajstić information content (AvgIpc) is 3.55. The molecule has 1 aliphatic rings. The van der Waals surface area contributed by atoms with Gasteiger partial charge in [0.25, 0.3) is 5.91 Å². The van der Waals surface area contributed by atoms with Crippen LogP contribution in [0.1, 0.15) is 16.2 Å². The summed E-state index contributed by atoms with van der Waals surface area (Å²) in [6.07, 6.45) is 1.60. The third-order valence-electron chi connectivity index (χ3n) is 5.14. The fourth-order valence-corrected chi connectivity index (χ4v) is 5.07. The van der Waals surface area contributed by atoms with Crippen molar-refractivity contribution < 1.29 is 13.6 Å². The zero-order chi connectivity index (χ0) is 21.2. The smallest absolute Gasteiger partial charge is 0.273 e. The lowest BCUT2D eigenvalue weighted by atomic mass is 10.2. The van der Waals surface area contributed by atoms with E-state index in [1.165, 1.54) is 23.5 Å². The molecule has 1 fully saturated rings. The Bertz CT molecular complexity index is 1160. The molecule has 0 N–H and O–H groups in total. The first kappa shape index (κ1) is 20.0. The number of thiazole rings is 2. The van der Waals surface area contributed by atoms with E-state index in [2.05, 4.69) is 14.9 Å².